The van der Waals surface area contributed by atoms with Gasteiger partial charge in [-0.25, -0.2) is 9.18 Å². The molecule has 1 unspecified atom stereocenters. The lowest BCUT2D eigenvalue weighted by molar-refractivity contribution is -0.137. The molecule has 0 fully saturated rings. The van der Waals surface area contributed by atoms with Gasteiger partial charge in [0.15, 0.2) is 0 Å². The molecule has 1 rings (SSSR count). The van der Waals surface area contributed by atoms with Gasteiger partial charge in [-0.05, 0) is 24.6 Å². The molecule has 0 aliphatic rings. The molecule has 0 saturated heterocycles. The molecule has 98 valence electrons. The molecule has 0 bridgehead atoms. The van der Waals surface area contributed by atoms with E-state index >= 15 is 0 Å². The van der Waals surface area contributed by atoms with Gasteiger partial charge in [0.2, 0.25) is 0 Å². The molecule has 6 heteroatoms. The van der Waals surface area contributed by atoms with Crippen molar-refractivity contribution in [2.45, 2.75) is 25.9 Å². The number of amides is 2. The van der Waals surface area contributed by atoms with Crippen molar-refractivity contribution in [2.24, 2.45) is 0 Å². The van der Waals surface area contributed by atoms with Gasteiger partial charge in [-0.2, -0.15) is 0 Å². The van der Waals surface area contributed by atoms with Crippen molar-refractivity contribution in [1.82, 2.24) is 10.6 Å². The SMILES string of the molecule is CC(CC(=O)O)NC(=O)NCc1ccc(F)cc1. The molecule has 2 amide bonds. The zero-order valence-corrected chi connectivity index (χ0v) is 9.94. The number of hydrogen-bond donors (Lipinski definition) is 3. The molecule has 0 aliphatic carbocycles. The van der Waals surface area contributed by atoms with E-state index in [1.165, 1.54) is 12.1 Å². The van der Waals surface area contributed by atoms with E-state index in [1.54, 1.807) is 19.1 Å². The number of hydrogen-bond acceptors (Lipinski definition) is 2. The van der Waals surface area contributed by atoms with Crippen molar-refractivity contribution >= 4 is 12.0 Å². The van der Waals surface area contributed by atoms with Crippen LogP contribution < -0.4 is 10.6 Å². The van der Waals surface area contributed by atoms with Gasteiger partial charge >= 0.3 is 12.0 Å². The van der Waals surface area contributed by atoms with Crippen molar-refractivity contribution in [2.75, 3.05) is 0 Å². The van der Waals surface area contributed by atoms with Gasteiger partial charge in [0.05, 0.1) is 6.42 Å². The van der Waals surface area contributed by atoms with Crippen molar-refractivity contribution < 1.29 is 19.1 Å². The number of carboxylic acids is 1. The summed E-state index contributed by atoms with van der Waals surface area (Å²) in [7, 11) is 0. The minimum Gasteiger partial charge on any atom is -0.481 e. The van der Waals surface area contributed by atoms with Crippen molar-refractivity contribution in [3.63, 3.8) is 0 Å². The fourth-order valence-corrected chi connectivity index (χ4v) is 1.37. The van der Waals surface area contributed by atoms with Gasteiger partial charge in [-0.15, -0.1) is 0 Å². The van der Waals surface area contributed by atoms with E-state index in [-0.39, 0.29) is 18.8 Å². The summed E-state index contributed by atoms with van der Waals surface area (Å²) in [5, 5.41) is 13.6. The first kappa shape index (κ1) is 14.0. The first-order valence-corrected chi connectivity index (χ1v) is 5.48. The van der Waals surface area contributed by atoms with Gasteiger partial charge in [-0.3, -0.25) is 4.79 Å². The Morgan fingerprint density at radius 2 is 1.94 bits per heavy atom. The lowest BCUT2D eigenvalue weighted by Crippen LogP contribution is -2.41. The Hall–Kier alpha value is -2.11. The van der Waals surface area contributed by atoms with Crippen LogP contribution in [0.2, 0.25) is 0 Å². The Labute approximate surface area is 104 Å². The van der Waals surface area contributed by atoms with Crippen LogP contribution in [0.1, 0.15) is 18.9 Å². The summed E-state index contributed by atoms with van der Waals surface area (Å²) in [6.45, 7) is 1.86. The van der Waals surface area contributed by atoms with Crippen LogP contribution >= 0.6 is 0 Å². The Bertz CT molecular complexity index is 420. The van der Waals surface area contributed by atoms with E-state index in [0.717, 1.165) is 5.56 Å². The summed E-state index contributed by atoms with van der Waals surface area (Å²) in [5.41, 5.74) is 0.762. The fraction of sp³-hybridized carbons (Fsp3) is 0.333. The molecule has 3 N–H and O–H groups in total. The number of aliphatic carboxylic acids is 1. The molecule has 1 aromatic carbocycles. The topological polar surface area (TPSA) is 78.4 Å². The normalized spacial score (nSPS) is 11.7. The summed E-state index contributed by atoms with van der Waals surface area (Å²) in [6, 6.07) is 4.85. The summed E-state index contributed by atoms with van der Waals surface area (Å²) in [5.74, 6) is -1.31. The molecule has 1 aromatic rings. The first-order valence-electron chi connectivity index (χ1n) is 5.48. The quantitative estimate of drug-likeness (QED) is 0.744. The molecule has 0 aliphatic heterocycles. The largest absolute Gasteiger partial charge is 0.481 e. The Morgan fingerprint density at radius 3 is 2.50 bits per heavy atom. The predicted octanol–water partition coefficient (Wildman–Crippen LogP) is 1.49. The van der Waals surface area contributed by atoms with Crippen LogP contribution in [0.3, 0.4) is 0 Å². The van der Waals surface area contributed by atoms with Gasteiger partial charge in [0.25, 0.3) is 0 Å². The van der Waals surface area contributed by atoms with Crippen LogP contribution in [-0.2, 0) is 11.3 Å². The zero-order chi connectivity index (χ0) is 13.5. The highest BCUT2D eigenvalue weighted by atomic mass is 19.1. The molecule has 0 aromatic heterocycles. The molecule has 18 heavy (non-hydrogen) atoms. The van der Waals surface area contributed by atoms with Crippen LogP contribution in [0.25, 0.3) is 0 Å². The fourth-order valence-electron chi connectivity index (χ4n) is 1.37. The van der Waals surface area contributed by atoms with E-state index in [9.17, 15) is 14.0 Å². The number of carboxylic acid groups (broad SMARTS) is 1. The van der Waals surface area contributed by atoms with E-state index in [4.69, 9.17) is 5.11 Å². The van der Waals surface area contributed by atoms with Crippen molar-refractivity contribution in [3.05, 3.63) is 35.6 Å². The van der Waals surface area contributed by atoms with Crippen molar-refractivity contribution in [3.8, 4) is 0 Å². The third kappa shape index (κ3) is 5.29. The van der Waals surface area contributed by atoms with Crippen LogP contribution in [-0.4, -0.2) is 23.1 Å². The second-order valence-electron chi connectivity index (χ2n) is 3.95. The molecular formula is C12H15FN2O3. The maximum Gasteiger partial charge on any atom is 0.315 e. The van der Waals surface area contributed by atoms with Gasteiger partial charge in [0.1, 0.15) is 5.82 Å². The Balaban J connectivity index is 2.32. The summed E-state index contributed by atoms with van der Waals surface area (Å²) in [6.07, 6.45) is -0.135. The van der Waals surface area contributed by atoms with E-state index in [2.05, 4.69) is 10.6 Å². The number of halogens is 1. The Kier molecular flexibility index (Phi) is 5.10. The summed E-state index contributed by atoms with van der Waals surface area (Å²) >= 11 is 0. The number of urea groups is 1. The lowest BCUT2D eigenvalue weighted by Gasteiger charge is -2.12. The highest BCUT2D eigenvalue weighted by Gasteiger charge is 2.10. The summed E-state index contributed by atoms with van der Waals surface area (Å²) in [4.78, 5) is 21.8. The summed E-state index contributed by atoms with van der Waals surface area (Å²) < 4.78 is 12.6. The van der Waals surface area contributed by atoms with Gasteiger partial charge in [-0.1, -0.05) is 12.1 Å². The monoisotopic (exact) mass is 254 g/mol. The number of benzene rings is 1. The molecule has 5 nitrogen and oxygen atoms in total. The zero-order valence-electron chi connectivity index (χ0n) is 9.94. The van der Waals surface area contributed by atoms with Crippen LogP contribution in [0.5, 0.6) is 0 Å². The lowest BCUT2D eigenvalue weighted by atomic mass is 10.2. The third-order valence-electron chi connectivity index (χ3n) is 2.22. The smallest absolute Gasteiger partial charge is 0.315 e. The molecule has 0 spiro atoms. The second kappa shape index (κ2) is 6.58. The minimum absolute atomic E-state index is 0.135. The molecule has 1 atom stereocenters. The highest BCUT2D eigenvalue weighted by Crippen LogP contribution is 2.01. The van der Waals surface area contributed by atoms with E-state index in [0.29, 0.717) is 0 Å². The molecular weight excluding hydrogens is 239 g/mol. The predicted molar refractivity (Wildman–Crippen MR) is 63.5 cm³/mol. The molecule has 0 saturated carbocycles. The number of carbonyl (C=O) groups is 2. The molecule has 0 heterocycles. The Morgan fingerprint density at radius 1 is 1.33 bits per heavy atom. The highest BCUT2D eigenvalue weighted by molar-refractivity contribution is 5.75. The van der Waals surface area contributed by atoms with Crippen molar-refractivity contribution in [1.29, 1.82) is 0 Å². The average Bonchev–Trinajstić information content (AvgIpc) is 2.27. The second-order valence-corrected chi connectivity index (χ2v) is 3.95. The van der Waals surface area contributed by atoms with E-state index in [1.807, 2.05) is 0 Å². The maximum atomic E-state index is 12.6. The first-order chi connectivity index (χ1) is 8.47. The van der Waals surface area contributed by atoms with Crippen LogP contribution in [0.4, 0.5) is 9.18 Å². The van der Waals surface area contributed by atoms with Crippen LogP contribution in [0, 0.1) is 5.82 Å². The third-order valence-corrected chi connectivity index (χ3v) is 2.22. The maximum absolute atomic E-state index is 12.6. The minimum atomic E-state index is -0.971. The number of rotatable bonds is 5. The number of nitrogens with one attached hydrogen (secondary N) is 2. The average molecular weight is 254 g/mol. The molecule has 0 radical (unpaired) electrons. The standard InChI is InChI=1S/C12H15FN2O3/c1-8(6-11(16)17)15-12(18)14-7-9-2-4-10(13)5-3-9/h2-5,8H,6-7H2,1H3,(H,16,17)(H2,14,15,18). The van der Waals surface area contributed by atoms with Gasteiger partial charge < -0.3 is 15.7 Å². The number of carbonyl (C=O) groups excluding carboxylic acids is 1. The van der Waals surface area contributed by atoms with Gasteiger partial charge in [0, 0.05) is 12.6 Å². The van der Waals surface area contributed by atoms with Crippen LogP contribution in [0.15, 0.2) is 24.3 Å². The van der Waals surface area contributed by atoms with E-state index < -0.39 is 18.0 Å².